The molecule has 1 amide bonds. The Kier molecular flexibility index (Phi) is 9.18. The molecule has 3 atom stereocenters. The Morgan fingerprint density at radius 2 is 1.82 bits per heavy atom. The standard InChI is InChI=1S/C20H35N3O5/c1-14(18(24)23-13-5-8-17(23)20(27)28)22-16(19(25)26)7-4-2-3-6-15-9-11-21-12-10-15/h14-17,21-22H,2-13H2,1H3,(H,25,26)(H,27,28)/t14-,16?,17-/m0/s1. The van der Waals surface area contributed by atoms with Crippen LogP contribution in [0.5, 0.6) is 0 Å². The molecule has 28 heavy (non-hydrogen) atoms. The lowest BCUT2D eigenvalue weighted by Crippen LogP contribution is -2.53. The molecule has 0 spiro atoms. The van der Waals surface area contributed by atoms with Gasteiger partial charge in [-0.15, -0.1) is 0 Å². The van der Waals surface area contributed by atoms with Gasteiger partial charge in [0.25, 0.3) is 0 Å². The zero-order chi connectivity index (χ0) is 20.5. The van der Waals surface area contributed by atoms with Gasteiger partial charge in [-0.2, -0.15) is 0 Å². The molecule has 8 heteroatoms. The summed E-state index contributed by atoms with van der Waals surface area (Å²) in [5.74, 6) is -1.51. The Hall–Kier alpha value is -1.67. The largest absolute Gasteiger partial charge is 0.480 e. The highest BCUT2D eigenvalue weighted by molar-refractivity contribution is 5.88. The van der Waals surface area contributed by atoms with E-state index in [1.807, 2.05) is 0 Å². The van der Waals surface area contributed by atoms with E-state index in [0.29, 0.717) is 25.8 Å². The van der Waals surface area contributed by atoms with Crippen LogP contribution in [0.15, 0.2) is 0 Å². The topological polar surface area (TPSA) is 119 Å². The van der Waals surface area contributed by atoms with Gasteiger partial charge in [0.1, 0.15) is 12.1 Å². The fourth-order valence-corrected chi connectivity index (χ4v) is 4.32. The molecular weight excluding hydrogens is 362 g/mol. The van der Waals surface area contributed by atoms with Crippen LogP contribution in [0.2, 0.25) is 0 Å². The van der Waals surface area contributed by atoms with E-state index in [0.717, 1.165) is 38.3 Å². The maximum Gasteiger partial charge on any atom is 0.326 e. The highest BCUT2D eigenvalue weighted by Gasteiger charge is 2.36. The molecule has 2 fully saturated rings. The number of carbonyl (C=O) groups is 3. The fourth-order valence-electron chi connectivity index (χ4n) is 4.32. The van der Waals surface area contributed by atoms with Gasteiger partial charge in [-0.25, -0.2) is 4.79 Å². The molecule has 0 radical (unpaired) electrons. The van der Waals surface area contributed by atoms with E-state index in [1.54, 1.807) is 6.92 Å². The average Bonchev–Trinajstić information content (AvgIpc) is 3.16. The summed E-state index contributed by atoms with van der Waals surface area (Å²) in [4.78, 5) is 36.8. The van der Waals surface area contributed by atoms with Crippen molar-refractivity contribution >= 4 is 17.8 Å². The molecule has 0 aromatic heterocycles. The normalized spacial score (nSPS) is 22.8. The number of aliphatic carboxylic acids is 2. The van der Waals surface area contributed by atoms with Crippen molar-refractivity contribution in [3.63, 3.8) is 0 Å². The third-order valence-corrected chi connectivity index (χ3v) is 6.00. The number of hydrogen-bond acceptors (Lipinski definition) is 5. The zero-order valence-corrected chi connectivity index (χ0v) is 16.9. The summed E-state index contributed by atoms with van der Waals surface area (Å²) < 4.78 is 0. The number of amides is 1. The lowest BCUT2D eigenvalue weighted by molar-refractivity contribution is -0.149. The van der Waals surface area contributed by atoms with Crippen molar-refractivity contribution in [1.82, 2.24) is 15.5 Å². The van der Waals surface area contributed by atoms with Gasteiger partial charge in [-0.1, -0.05) is 25.7 Å². The minimum atomic E-state index is -0.999. The lowest BCUT2D eigenvalue weighted by Gasteiger charge is -2.27. The van der Waals surface area contributed by atoms with Crippen molar-refractivity contribution in [3.8, 4) is 0 Å². The minimum Gasteiger partial charge on any atom is -0.480 e. The quantitative estimate of drug-likeness (QED) is 0.390. The first-order valence-electron chi connectivity index (χ1n) is 10.6. The fraction of sp³-hybridized carbons (Fsp3) is 0.850. The van der Waals surface area contributed by atoms with E-state index in [1.165, 1.54) is 24.2 Å². The molecule has 0 bridgehead atoms. The number of carbonyl (C=O) groups excluding carboxylic acids is 1. The van der Waals surface area contributed by atoms with E-state index in [9.17, 15) is 24.6 Å². The number of nitrogens with zero attached hydrogens (tertiary/aromatic N) is 1. The smallest absolute Gasteiger partial charge is 0.326 e. The molecular formula is C20H35N3O5. The molecule has 0 aliphatic carbocycles. The number of rotatable bonds is 11. The lowest BCUT2D eigenvalue weighted by atomic mass is 9.92. The average molecular weight is 398 g/mol. The Morgan fingerprint density at radius 3 is 2.46 bits per heavy atom. The molecule has 2 aliphatic rings. The van der Waals surface area contributed by atoms with Crippen LogP contribution in [-0.4, -0.2) is 70.7 Å². The molecule has 1 unspecified atom stereocenters. The Morgan fingerprint density at radius 1 is 1.11 bits per heavy atom. The second kappa shape index (κ2) is 11.4. The van der Waals surface area contributed by atoms with Crippen LogP contribution >= 0.6 is 0 Å². The summed E-state index contributed by atoms with van der Waals surface area (Å²) in [6, 6.07) is -2.30. The number of carboxylic acid groups (broad SMARTS) is 2. The molecule has 0 saturated carbocycles. The monoisotopic (exact) mass is 397 g/mol. The van der Waals surface area contributed by atoms with Crippen molar-refractivity contribution in [2.45, 2.75) is 82.8 Å². The molecule has 8 nitrogen and oxygen atoms in total. The Balaban J connectivity index is 1.72. The first-order valence-corrected chi connectivity index (χ1v) is 10.6. The predicted octanol–water partition coefficient (Wildman–Crippen LogP) is 1.44. The van der Waals surface area contributed by atoms with Gasteiger partial charge in [0.05, 0.1) is 6.04 Å². The van der Waals surface area contributed by atoms with E-state index in [2.05, 4.69) is 10.6 Å². The molecule has 0 aromatic rings. The van der Waals surface area contributed by atoms with E-state index < -0.39 is 30.1 Å². The first-order chi connectivity index (χ1) is 13.4. The zero-order valence-electron chi connectivity index (χ0n) is 16.9. The summed E-state index contributed by atoms with van der Waals surface area (Å²) in [6.45, 7) is 4.23. The third kappa shape index (κ3) is 6.74. The second-order valence-corrected chi connectivity index (χ2v) is 8.14. The van der Waals surface area contributed by atoms with Gasteiger partial charge in [-0.05, 0) is 58.0 Å². The van der Waals surface area contributed by atoms with Crippen molar-refractivity contribution < 1.29 is 24.6 Å². The van der Waals surface area contributed by atoms with Crippen LogP contribution < -0.4 is 10.6 Å². The molecule has 160 valence electrons. The molecule has 4 N–H and O–H groups in total. The van der Waals surface area contributed by atoms with Crippen LogP contribution in [0.25, 0.3) is 0 Å². The van der Waals surface area contributed by atoms with Gasteiger partial charge in [0, 0.05) is 6.54 Å². The van der Waals surface area contributed by atoms with E-state index >= 15 is 0 Å². The summed E-state index contributed by atoms with van der Waals surface area (Å²) in [6.07, 6.45) is 8.15. The summed E-state index contributed by atoms with van der Waals surface area (Å²) >= 11 is 0. The Labute approximate surface area is 167 Å². The van der Waals surface area contributed by atoms with Crippen LogP contribution in [0.4, 0.5) is 0 Å². The van der Waals surface area contributed by atoms with Crippen LogP contribution in [0, 0.1) is 5.92 Å². The van der Waals surface area contributed by atoms with Crippen LogP contribution in [0.1, 0.15) is 64.7 Å². The predicted molar refractivity (Wildman–Crippen MR) is 105 cm³/mol. The molecule has 2 heterocycles. The van der Waals surface area contributed by atoms with Gasteiger partial charge in [0.2, 0.25) is 5.91 Å². The van der Waals surface area contributed by atoms with Crippen LogP contribution in [0.3, 0.4) is 0 Å². The number of hydrogen-bond donors (Lipinski definition) is 4. The van der Waals surface area contributed by atoms with Crippen molar-refractivity contribution in [2.24, 2.45) is 5.92 Å². The van der Waals surface area contributed by atoms with Gasteiger partial charge in [-0.3, -0.25) is 14.9 Å². The molecule has 0 aromatic carbocycles. The maximum atomic E-state index is 12.6. The van der Waals surface area contributed by atoms with Gasteiger partial charge < -0.3 is 20.4 Å². The van der Waals surface area contributed by atoms with Crippen molar-refractivity contribution in [3.05, 3.63) is 0 Å². The number of nitrogens with one attached hydrogen (secondary N) is 2. The summed E-state index contributed by atoms with van der Waals surface area (Å²) in [5, 5.41) is 25.0. The molecule has 2 rings (SSSR count). The first kappa shape index (κ1) is 22.6. The molecule has 2 saturated heterocycles. The summed E-state index contributed by atoms with van der Waals surface area (Å²) in [5.41, 5.74) is 0. The number of likely N-dealkylation sites (tertiary alicyclic amines) is 1. The summed E-state index contributed by atoms with van der Waals surface area (Å²) in [7, 11) is 0. The molecule has 2 aliphatic heterocycles. The van der Waals surface area contributed by atoms with Crippen LogP contribution in [-0.2, 0) is 14.4 Å². The van der Waals surface area contributed by atoms with Crippen molar-refractivity contribution in [2.75, 3.05) is 19.6 Å². The SMILES string of the molecule is C[C@H](NC(CCCCCC1CCNCC1)C(=O)O)C(=O)N1CCC[C@H]1C(=O)O. The second-order valence-electron chi connectivity index (χ2n) is 8.14. The van der Waals surface area contributed by atoms with Crippen molar-refractivity contribution in [1.29, 1.82) is 0 Å². The van der Waals surface area contributed by atoms with Gasteiger partial charge >= 0.3 is 11.9 Å². The van der Waals surface area contributed by atoms with Gasteiger partial charge in [0.15, 0.2) is 0 Å². The number of unbranched alkanes of at least 4 members (excludes halogenated alkanes) is 2. The highest BCUT2D eigenvalue weighted by atomic mass is 16.4. The Bertz CT molecular complexity index is 536. The highest BCUT2D eigenvalue weighted by Crippen LogP contribution is 2.21. The minimum absolute atomic E-state index is 0.331. The maximum absolute atomic E-state index is 12.6. The number of piperidine rings is 1. The van der Waals surface area contributed by atoms with E-state index in [4.69, 9.17) is 0 Å². The third-order valence-electron chi connectivity index (χ3n) is 6.00. The number of carboxylic acids is 2. The van der Waals surface area contributed by atoms with E-state index in [-0.39, 0.29) is 5.91 Å².